The summed E-state index contributed by atoms with van der Waals surface area (Å²) in [5, 5.41) is 7.71. The zero-order chi connectivity index (χ0) is 13.7. The molecule has 0 saturated heterocycles. The molecule has 19 heavy (non-hydrogen) atoms. The number of hydrogen-bond acceptors (Lipinski definition) is 3. The Morgan fingerprint density at radius 1 is 1.32 bits per heavy atom. The van der Waals surface area contributed by atoms with Crippen molar-refractivity contribution in [3.63, 3.8) is 0 Å². The summed E-state index contributed by atoms with van der Waals surface area (Å²) >= 11 is 3.45. The van der Waals surface area contributed by atoms with E-state index in [0.717, 1.165) is 29.8 Å². The highest BCUT2D eigenvalue weighted by Crippen LogP contribution is 2.16. The van der Waals surface area contributed by atoms with Gasteiger partial charge in [0.15, 0.2) is 0 Å². The zero-order valence-electron chi connectivity index (χ0n) is 11.3. The maximum absolute atomic E-state index is 4.30. The first-order chi connectivity index (χ1) is 9.20. The van der Waals surface area contributed by atoms with Crippen molar-refractivity contribution in [3.05, 3.63) is 46.5 Å². The summed E-state index contributed by atoms with van der Waals surface area (Å²) in [7, 11) is 0. The Labute approximate surface area is 122 Å². The third kappa shape index (κ3) is 3.88. The average Bonchev–Trinajstić information content (AvgIpc) is 2.85. The van der Waals surface area contributed by atoms with Crippen LogP contribution in [0, 0.1) is 0 Å². The summed E-state index contributed by atoms with van der Waals surface area (Å²) in [6.07, 6.45) is 2.69. The molecule has 2 aromatic rings. The quantitative estimate of drug-likeness (QED) is 0.887. The van der Waals surface area contributed by atoms with Gasteiger partial charge >= 0.3 is 0 Å². The van der Waals surface area contributed by atoms with Crippen LogP contribution >= 0.6 is 15.9 Å². The molecule has 0 aliphatic heterocycles. The molecular formula is C14H19BrN4. The SMILES string of the molecule is CCCn1ncnc1CN[C@H](C)c1ccc(Br)cc1. The van der Waals surface area contributed by atoms with Gasteiger partial charge in [-0.05, 0) is 31.0 Å². The molecule has 1 heterocycles. The lowest BCUT2D eigenvalue weighted by molar-refractivity contribution is 0.509. The maximum atomic E-state index is 4.30. The Morgan fingerprint density at radius 3 is 2.74 bits per heavy atom. The number of halogens is 1. The van der Waals surface area contributed by atoms with Gasteiger partial charge in [0.1, 0.15) is 12.2 Å². The summed E-state index contributed by atoms with van der Waals surface area (Å²) in [5.41, 5.74) is 1.27. The first-order valence-corrected chi connectivity index (χ1v) is 7.35. The second-order valence-electron chi connectivity index (χ2n) is 4.55. The van der Waals surface area contributed by atoms with Crippen LogP contribution in [0.15, 0.2) is 35.1 Å². The average molecular weight is 323 g/mol. The molecule has 0 bridgehead atoms. The van der Waals surface area contributed by atoms with E-state index in [1.807, 2.05) is 4.68 Å². The van der Waals surface area contributed by atoms with Crippen molar-refractivity contribution in [2.75, 3.05) is 0 Å². The van der Waals surface area contributed by atoms with E-state index >= 15 is 0 Å². The van der Waals surface area contributed by atoms with Gasteiger partial charge in [0, 0.05) is 17.1 Å². The van der Waals surface area contributed by atoms with E-state index in [4.69, 9.17) is 0 Å². The molecule has 0 unspecified atom stereocenters. The number of aryl methyl sites for hydroxylation is 1. The van der Waals surface area contributed by atoms with Crippen LogP contribution in [0.1, 0.15) is 37.7 Å². The molecular weight excluding hydrogens is 304 g/mol. The molecule has 0 radical (unpaired) electrons. The third-order valence-electron chi connectivity index (χ3n) is 3.07. The Bertz CT molecular complexity index is 506. The molecule has 2 rings (SSSR count). The predicted octanol–water partition coefficient (Wildman–Crippen LogP) is 3.30. The van der Waals surface area contributed by atoms with Crippen molar-refractivity contribution < 1.29 is 0 Å². The highest BCUT2D eigenvalue weighted by Gasteiger charge is 2.08. The molecule has 0 fully saturated rings. The fourth-order valence-electron chi connectivity index (χ4n) is 1.94. The van der Waals surface area contributed by atoms with Crippen molar-refractivity contribution in [3.8, 4) is 0 Å². The van der Waals surface area contributed by atoms with E-state index in [9.17, 15) is 0 Å². The number of rotatable bonds is 6. The molecule has 0 aliphatic rings. The van der Waals surface area contributed by atoms with Gasteiger partial charge in [-0.3, -0.25) is 0 Å². The van der Waals surface area contributed by atoms with E-state index < -0.39 is 0 Å². The smallest absolute Gasteiger partial charge is 0.140 e. The first-order valence-electron chi connectivity index (χ1n) is 6.56. The van der Waals surface area contributed by atoms with Crippen LogP contribution in [0.2, 0.25) is 0 Å². The lowest BCUT2D eigenvalue weighted by Crippen LogP contribution is -2.21. The third-order valence-corrected chi connectivity index (χ3v) is 3.60. The van der Waals surface area contributed by atoms with E-state index in [1.165, 1.54) is 5.56 Å². The minimum atomic E-state index is 0.292. The van der Waals surface area contributed by atoms with Gasteiger partial charge in [0.2, 0.25) is 0 Å². The van der Waals surface area contributed by atoms with E-state index in [2.05, 4.69) is 69.4 Å². The lowest BCUT2D eigenvalue weighted by Gasteiger charge is -2.14. The number of nitrogens with one attached hydrogen (secondary N) is 1. The molecule has 1 aromatic carbocycles. The van der Waals surface area contributed by atoms with Crippen LogP contribution in [-0.4, -0.2) is 14.8 Å². The molecule has 1 atom stereocenters. The van der Waals surface area contributed by atoms with Crippen LogP contribution in [0.25, 0.3) is 0 Å². The van der Waals surface area contributed by atoms with Crippen LogP contribution in [0.5, 0.6) is 0 Å². The van der Waals surface area contributed by atoms with E-state index in [0.29, 0.717) is 6.04 Å². The largest absolute Gasteiger partial charge is 0.303 e. The molecule has 1 N–H and O–H groups in total. The number of hydrogen-bond donors (Lipinski definition) is 1. The second-order valence-corrected chi connectivity index (χ2v) is 5.47. The van der Waals surface area contributed by atoms with Crippen LogP contribution in [-0.2, 0) is 13.1 Å². The summed E-state index contributed by atoms with van der Waals surface area (Å²) in [5.74, 6) is 0.991. The number of nitrogens with zero attached hydrogens (tertiary/aromatic N) is 3. The first kappa shape index (κ1) is 14.2. The summed E-state index contributed by atoms with van der Waals surface area (Å²) in [4.78, 5) is 4.30. The maximum Gasteiger partial charge on any atom is 0.140 e. The highest BCUT2D eigenvalue weighted by molar-refractivity contribution is 9.10. The molecule has 0 saturated carbocycles. The number of aromatic nitrogens is 3. The van der Waals surface area contributed by atoms with Crippen molar-refractivity contribution in [1.82, 2.24) is 20.1 Å². The van der Waals surface area contributed by atoms with Gasteiger partial charge in [0.25, 0.3) is 0 Å². The summed E-state index contributed by atoms with van der Waals surface area (Å²) < 4.78 is 3.06. The fraction of sp³-hybridized carbons (Fsp3) is 0.429. The topological polar surface area (TPSA) is 42.7 Å². The highest BCUT2D eigenvalue weighted by atomic mass is 79.9. The lowest BCUT2D eigenvalue weighted by atomic mass is 10.1. The molecule has 102 valence electrons. The van der Waals surface area contributed by atoms with Crippen LogP contribution < -0.4 is 5.32 Å². The minimum Gasteiger partial charge on any atom is -0.303 e. The number of benzene rings is 1. The van der Waals surface area contributed by atoms with Crippen LogP contribution in [0.4, 0.5) is 0 Å². The minimum absolute atomic E-state index is 0.292. The van der Waals surface area contributed by atoms with Gasteiger partial charge in [0.05, 0.1) is 6.54 Å². The van der Waals surface area contributed by atoms with Gasteiger partial charge in [-0.25, -0.2) is 9.67 Å². The van der Waals surface area contributed by atoms with E-state index in [1.54, 1.807) is 6.33 Å². The molecule has 1 aromatic heterocycles. The van der Waals surface area contributed by atoms with Crippen molar-refractivity contribution in [2.45, 2.75) is 39.4 Å². The standard InChI is InChI=1S/C14H19BrN4/c1-3-8-19-14(17-10-18-19)9-16-11(2)12-4-6-13(15)7-5-12/h4-7,10-11,16H,3,8-9H2,1-2H3/t11-/m1/s1. The summed E-state index contributed by atoms with van der Waals surface area (Å²) in [6, 6.07) is 8.66. The Balaban J connectivity index is 1.94. The fourth-order valence-corrected chi connectivity index (χ4v) is 2.20. The van der Waals surface area contributed by atoms with Gasteiger partial charge in [-0.15, -0.1) is 0 Å². The molecule has 0 spiro atoms. The van der Waals surface area contributed by atoms with Crippen molar-refractivity contribution in [1.29, 1.82) is 0 Å². The molecule has 4 nitrogen and oxygen atoms in total. The molecule has 5 heteroatoms. The van der Waals surface area contributed by atoms with Gasteiger partial charge < -0.3 is 5.32 Å². The Hall–Kier alpha value is -1.20. The molecule has 0 amide bonds. The summed E-state index contributed by atoms with van der Waals surface area (Å²) in [6.45, 7) is 5.95. The second kappa shape index (κ2) is 6.82. The Kier molecular flexibility index (Phi) is 5.10. The van der Waals surface area contributed by atoms with Crippen molar-refractivity contribution >= 4 is 15.9 Å². The zero-order valence-corrected chi connectivity index (χ0v) is 12.9. The normalized spacial score (nSPS) is 12.6. The van der Waals surface area contributed by atoms with E-state index in [-0.39, 0.29) is 0 Å². The van der Waals surface area contributed by atoms with Gasteiger partial charge in [-0.2, -0.15) is 5.10 Å². The molecule has 0 aliphatic carbocycles. The Morgan fingerprint density at radius 2 is 2.05 bits per heavy atom. The monoisotopic (exact) mass is 322 g/mol. The van der Waals surface area contributed by atoms with Crippen molar-refractivity contribution in [2.24, 2.45) is 0 Å². The van der Waals surface area contributed by atoms with Gasteiger partial charge in [-0.1, -0.05) is 35.0 Å². The predicted molar refractivity (Wildman–Crippen MR) is 79.7 cm³/mol. The van der Waals surface area contributed by atoms with Crippen LogP contribution in [0.3, 0.4) is 0 Å².